The Labute approximate surface area is 100 Å². The van der Waals surface area contributed by atoms with Crippen LogP contribution in [0.1, 0.15) is 11.1 Å². The summed E-state index contributed by atoms with van der Waals surface area (Å²) < 4.78 is 0. The molecule has 0 fully saturated rings. The van der Waals surface area contributed by atoms with E-state index in [2.05, 4.69) is 10.6 Å². The number of carbonyl (C=O) groups excluding carboxylic acids is 1. The number of hydrogen-bond acceptors (Lipinski definition) is 2. The summed E-state index contributed by atoms with van der Waals surface area (Å²) >= 11 is 0. The summed E-state index contributed by atoms with van der Waals surface area (Å²) in [6, 6.07) is 5.03. The minimum atomic E-state index is -0.751. The number of para-hydroxylation sites is 1. The predicted octanol–water partition coefficient (Wildman–Crippen LogP) is 1.74. The van der Waals surface area contributed by atoms with Gasteiger partial charge in [0.05, 0.1) is 0 Å². The van der Waals surface area contributed by atoms with Crippen molar-refractivity contribution in [1.82, 2.24) is 5.32 Å². The first-order valence-electron chi connectivity index (χ1n) is 4.49. The number of primary amides is 1. The van der Waals surface area contributed by atoms with Crippen molar-refractivity contribution in [3.8, 4) is 0 Å². The predicted molar refractivity (Wildman–Crippen MR) is 67.2 cm³/mol. The van der Waals surface area contributed by atoms with Crippen molar-refractivity contribution in [1.29, 1.82) is 5.41 Å². The van der Waals surface area contributed by atoms with Crippen LogP contribution in [-0.2, 0) is 0 Å². The number of nitrogens with one attached hydrogen (secondary N) is 3. The zero-order chi connectivity index (χ0) is 11.4. The average Bonchev–Trinajstić information content (AvgIpc) is 2.10. The molecule has 5 nitrogen and oxygen atoms in total. The van der Waals surface area contributed by atoms with E-state index in [1.807, 2.05) is 32.0 Å². The number of halogens is 1. The molecule has 0 spiro atoms. The molecule has 1 rings (SSSR count). The van der Waals surface area contributed by atoms with Crippen LogP contribution in [0.4, 0.5) is 10.5 Å². The topological polar surface area (TPSA) is 91.0 Å². The van der Waals surface area contributed by atoms with Crippen LogP contribution in [0, 0.1) is 19.3 Å². The smallest absolute Gasteiger partial charge is 0.318 e. The molecular formula is C10H15ClN4O. The van der Waals surface area contributed by atoms with E-state index in [4.69, 9.17) is 11.1 Å². The Balaban J connectivity index is 0.00000225. The van der Waals surface area contributed by atoms with Crippen LogP contribution >= 0.6 is 12.4 Å². The molecule has 0 aliphatic heterocycles. The molecule has 0 heterocycles. The minimum Gasteiger partial charge on any atom is -0.351 e. The molecular weight excluding hydrogens is 228 g/mol. The minimum absolute atomic E-state index is 0. The van der Waals surface area contributed by atoms with E-state index in [0.717, 1.165) is 16.8 Å². The van der Waals surface area contributed by atoms with Crippen LogP contribution in [0.3, 0.4) is 0 Å². The van der Waals surface area contributed by atoms with Gasteiger partial charge in [-0.1, -0.05) is 18.2 Å². The molecule has 16 heavy (non-hydrogen) atoms. The number of aryl methyl sites for hydroxylation is 2. The number of anilines is 1. The molecule has 88 valence electrons. The molecule has 0 aliphatic carbocycles. The van der Waals surface area contributed by atoms with E-state index in [0.29, 0.717) is 0 Å². The van der Waals surface area contributed by atoms with Gasteiger partial charge in [0.15, 0.2) is 0 Å². The molecule has 0 atom stereocenters. The first-order chi connectivity index (χ1) is 7.00. The zero-order valence-electron chi connectivity index (χ0n) is 9.13. The molecule has 5 N–H and O–H groups in total. The highest BCUT2D eigenvalue weighted by Crippen LogP contribution is 2.18. The number of urea groups is 1. The maximum absolute atomic E-state index is 10.5. The first-order valence-corrected chi connectivity index (χ1v) is 4.49. The number of benzene rings is 1. The van der Waals surface area contributed by atoms with Crippen LogP contribution < -0.4 is 16.4 Å². The summed E-state index contributed by atoms with van der Waals surface area (Å²) in [5.41, 5.74) is 7.72. The Hall–Kier alpha value is -1.75. The van der Waals surface area contributed by atoms with Gasteiger partial charge >= 0.3 is 6.03 Å². The monoisotopic (exact) mass is 242 g/mol. The van der Waals surface area contributed by atoms with Gasteiger partial charge in [-0.15, -0.1) is 12.4 Å². The Morgan fingerprint density at radius 3 is 2.25 bits per heavy atom. The second kappa shape index (κ2) is 5.97. The van der Waals surface area contributed by atoms with E-state index in [9.17, 15) is 4.79 Å². The standard InChI is InChI=1S/C10H14N4O.ClH/c1-6-4-3-5-7(2)8(6)13-9(11)14-10(12)15;/h3-5H,1-2H3,(H5,11,12,13,14,15);1H. The fraction of sp³-hybridized carbons (Fsp3) is 0.200. The van der Waals surface area contributed by atoms with Crippen LogP contribution in [0.2, 0.25) is 0 Å². The third-order valence-corrected chi connectivity index (χ3v) is 1.98. The van der Waals surface area contributed by atoms with Gasteiger partial charge in [0, 0.05) is 5.69 Å². The lowest BCUT2D eigenvalue weighted by atomic mass is 10.1. The lowest BCUT2D eigenvalue weighted by Crippen LogP contribution is -2.38. The van der Waals surface area contributed by atoms with Crippen molar-refractivity contribution in [3.63, 3.8) is 0 Å². The summed E-state index contributed by atoms with van der Waals surface area (Å²) in [6.45, 7) is 3.85. The van der Waals surface area contributed by atoms with Gasteiger partial charge in [-0.3, -0.25) is 10.7 Å². The van der Waals surface area contributed by atoms with E-state index in [1.54, 1.807) is 0 Å². The molecule has 1 aromatic rings. The van der Waals surface area contributed by atoms with Crippen molar-refractivity contribution >= 4 is 30.1 Å². The van der Waals surface area contributed by atoms with Gasteiger partial charge in [-0.25, -0.2) is 4.79 Å². The van der Waals surface area contributed by atoms with Crippen LogP contribution in [0.5, 0.6) is 0 Å². The molecule has 0 bridgehead atoms. The maximum Gasteiger partial charge on any atom is 0.318 e. The van der Waals surface area contributed by atoms with E-state index >= 15 is 0 Å². The molecule has 0 radical (unpaired) electrons. The van der Waals surface area contributed by atoms with Gasteiger partial charge in [0.1, 0.15) is 0 Å². The second-order valence-corrected chi connectivity index (χ2v) is 3.26. The summed E-state index contributed by atoms with van der Waals surface area (Å²) in [4.78, 5) is 10.5. The number of rotatable bonds is 1. The SMILES string of the molecule is Cc1cccc(C)c1NC(=N)NC(N)=O.Cl. The molecule has 0 saturated heterocycles. The van der Waals surface area contributed by atoms with Gasteiger partial charge in [0.2, 0.25) is 5.96 Å². The maximum atomic E-state index is 10.5. The van der Waals surface area contributed by atoms with E-state index in [-0.39, 0.29) is 18.4 Å². The second-order valence-electron chi connectivity index (χ2n) is 3.26. The number of hydrogen-bond donors (Lipinski definition) is 4. The third-order valence-electron chi connectivity index (χ3n) is 1.98. The zero-order valence-corrected chi connectivity index (χ0v) is 9.94. The van der Waals surface area contributed by atoms with Crippen LogP contribution in [-0.4, -0.2) is 12.0 Å². The van der Waals surface area contributed by atoms with Gasteiger partial charge in [-0.05, 0) is 25.0 Å². The highest BCUT2D eigenvalue weighted by Gasteiger charge is 2.04. The normalized spacial score (nSPS) is 8.88. The van der Waals surface area contributed by atoms with Crippen molar-refractivity contribution in [2.24, 2.45) is 5.73 Å². The largest absolute Gasteiger partial charge is 0.351 e. The summed E-state index contributed by atoms with van der Waals surface area (Å²) in [6.07, 6.45) is 0. The highest BCUT2D eigenvalue weighted by atomic mass is 35.5. The number of carbonyl (C=O) groups is 1. The Morgan fingerprint density at radius 1 is 1.31 bits per heavy atom. The summed E-state index contributed by atoms with van der Waals surface area (Å²) in [7, 11) is 0. The molecule has 0 saturated carbocycles. The molecule has 6 heteroatoms. The van der Waals surface area contributed by atoms with Crippen molar-refractivity contribution in [2.45, 2.75) is 13.8 Å². The summed E-state index contributed by atoms with van der Waals surface area (Å²) in [5.74, 6) is -0.125. The highest BCUT2D eigenvalue weighted by molar-refractivity contribution is 6.02. The summed E-state index contributed by atoms with van der Waals surface area (Å²) in [5, 5.41) is 12.4. The average molecular weight is 243 g/mol. The van der Waals surface area contributed by atoms with Gasteiger partial charge in [-0.2, -0.15) is 0 Å². The van der Waals surface area contributed by atoms with Gasteiger partial charge < -0.3 is 11.1 Å². The Bertz CT molecular complexity index is 386. The Morgan fingerprint density at radius 2 is 1.81 bits per heavy atom. The van der Waals surface area contributed by atoms with Crippen LogP contribution in [0.25, 0.3) is 0 Å². The fourth-order valence-electron chi connectivity index (χ4n) is 1.29. The van der Waals surface area contributed by atoms with E-state index < -0.39 is 6.03 Å². The number of amides is 2. The third kappa shape index (κ3) is 3.78. The molecule has 1 aromatic carbocycles. The van der Waals surface area contributed by atoms with E-state index in [1.165, 1.54) is 0 Å². The van der Waals surface area contributed by atoms with Gasteiger partial charge in [0.25, 0.3) is 0 Å². The molecule has 0 aromatic heterocycles. The first kappa shape index (κ1) is 14.2. The lowest BCUT2D eigenvalue weighted by Gasteiger charge is -2.12. The molecule has 0 aliphatic rings. The molecule has 0 unspecified atom stereocenters. The number of nitrogens with two attached hydrogens (primary N) is 1. The lowest BCUT2D eigenvalue weighted by molar-refractivity contribution is 0.253. The van der Waals surface area contributed by atoms with Crippen LogP contribution in [0.15, 0.2) is 18.2 Å². The fourth-order valence-corrected chi connectivity index (χ4v) is 1.29. The molecule has 2 amide bonds. The van der Waals surface area contributed by atoms with Crippen molar-refractivity contribution < 1.29 is 4.79 Å². The Kier molecular flexibility index (Phi) is 5.32. The van der Waals surface area contributed by atoms with Crippen molar-refractivity contribution in [3.05, 3.63) is 29.3 Å². The quantitative estimate of drug-likeness (QED) is 0.446. The number of guanidine groups is 1. The van der Waals surface area contributed by atoms with Crippen molar-refractivity contribution in [2.75, 3.05) is 5.32 Å².